The minimum absolute atomic E-state index is 0.0201. The summed E-state index contributed by atoms with van der Waals surface area (Å²) in [5.74, 6) is 0.681. The van der Waals surface area contributed by atoms with E-state index in [1.54, 1.807) is 60.8 Å². The Morgan fingerprint density at radius 2 is 1.84 bits per heavy atom. The maximum atomic E-state index is 11.5. The predicted octanol–water partition coefficient (Wildman–Crippen LogP) is 4.42. The van der Waals surface area contributed by atoms with Gasteiger partial charge < -0.3 is 14.2 Å². The van der Waals surface area contributed by atoms with Gasteiger partial charge in [0.25, 0.3) is 5.69 Å². The van der Waals surface area contributed by atoms with Gasteiger partial charge in [-0.3, -0.25) is 15.5 Å². The molecule has 9 heteroatoms. The van der Waals surface area contributed by atoms with Crippen LogP contribution in [0.25, 0.3) is 0 Å². The van der Waals surface area contributed by atoms with Gasteiger partial charge in [-0.2, -0.15) is 5.10 Å². The molecule has 164 valence electrons. The fourth-order valence-corrected chi connectivity index (χ4v) is 2.77. The van der Waals surface area contributed by atoms with Crippen LogP contribution in [0, 0.1) is 10.1 Å². The highest BCUT2D eigenvalue weighted by Crippen LogP contribution is 2.28. The van der Waals surface area contributed by atoms with Gasteiger partial charge in [-0.05, 0) is 47.5 Å². The highest BCUT2D eigenvalue weighted by Gasteiger charge is 2.08. The summed E-state index contributed by atoms with van der Waals surface area (Å²) in [6, 6.07) is 18.3. The molecule has 0 aromatic heterocycles. The van der Waals surface area contributed by atoms with Crippen LogP contribution in [0.1, 0.15) is 21.5 Å². The number of benzene rings is 3. The molecular weight excluding hydrogens is 414 g/mol. The van der Waals surface area contributed by atoms with Crippen molar-refractivity contribution in [1.29, 1.82) is 0 Å². The number of carbonyl (C=O) groups is 1. The monoisotopic (exact) mass is 435 g/mol. The summed E-state index contributed by atoms with van der Waals surface area (Å²) < 4.78 is 15.9. The number of nitro benzene ring substituents is 1. The van der Waals surface area contributed by atoms with Gasteiger partial charge in [0.2, 0.25) is 0 Å². The summed E-state index contributed by atoms with van der Waals surface area (Å²) in [5.41, 5.74) is 5.34. The van der Waals surface area contributed by atoms with Gasteiger partial charge in [0, 0.05) is 12.1 Å². The minimum atomic E-state index is -0.466. The van der Waals surface area contributed by atoms with Crippen LogP contribution >= 0.6 is 0 Å². The molecule has 0 aliphatic carbocycles. The van der Waals surface area contributed by atoms with E-state index >= 15 is 0 Å². The third-order valence-electron chi connectivity index (χ3n) is 4.42. The standard InChI is InChI=1S/C23H21N3O6/c1-30-22-12-17(14-24-25-19-4-3-5-20(13-19)26(28)29)8-11-21(22)32-15-16-6-9-18(10-7-16)23(27)31-2/h3-14,25H,15H2,1-2H3. The number of carbonyl (C=O) groups excluding carboxylic acids is 1. The van der Waals surface area contributed by atoms with Crippen molar-refractivity contribution in [1.82, 2.24) is 0 Å². The molecule has 0 atom stereocenters. The zero-order chi connectivity index (χ0) is 22.9. The Morgan fingerprint density at radius 1 is 1.06 bits per heavy atom. The molecule has 32 heavy (non-hydrogen) atoms. The van der Waals surface area contributed by atoms with Gasteiger partial charge >= 0.3 is 5.97 Å². The van der Waals surface area contributed by atoms with Crippen LogP contribution in [-0.2, 0) is 11.3 Å². The fourth-order valence-electron chi connectivity index (χ4n) is 2.77. The van der Waals surface area contributed by atoms with Crippen molar-refractivity contribution in [3.63, 3.8) is 0 Å². The largest absolute Gasteiger partial charge is 0.493 e. The number of methoxy groups -OCH3 is 2. The number of nitro groups is 1. The number of non-ortho nitro benzene ring substituents is 1. The first-order chi connectivity index (χ1) is 15.5. The molecule has 0 saturated heterocycles. The quantitative estimate of drug-likeness (QED) is 0.229. The molecule has 1 N–H and O–H groups in total. The van der Waals surface area contributed by atoms with Crippen molar-refractivity contribution in [2.24, 2.45) is 5.10 Å². The Balaban J connectivity index is 1.62. The zero-order valence-corrected chi connectivity index (χ0v) is 17.5. The van der Waals surface area contributed by atoms with Crippen molar-refractivity contribution in [2.75, 3.05) is 19.6 Å². The number of esters is 1. The summed E-state index contributed by atoms with van der Waals surface area (Å²) in [5, 5.41) is 15.0. The van der Waals surface area contributed by atoms with E-state index < -0.39 is 10.9 Å². The lowest BCUT2D eigenvalue weighted by molar-refractivity contribution is -0.384. The second-order valence-electron chi connectivity index (χ2n) is 6.56. The van der Waals surface area contributed by atoms with Crippen LogP contribution in [0.5, 0.6) is 11.5 Å². The van der Waals surface area contributed by atoms with Crippen LogP contribution in [-0.4, -0.2) is 31.3 Å². The van der Waals surface area contributed by atoms with Crippen LogP contribution in [0.2, 0.25) is 0 Å². The number of hydrogen-bond donors (Lipinski definition) is 1. The number of nitrogens with zero attached hydrogens (tertiary/aromatic N) is 2. The van der Waals surface area contributed by atoms with Gasteiger partial charge in [0.1, 0.15) is 6.61 Å². The molecule has 3 rings (SSSR count). The second kappa shape index (κ2) is 10.6. The number of nitrogens with one attached hydrogen (secondary N) is 1. The van der Waals surface area contributed by atoms with E-state index in [1.807, 2.05) is 0 Å². The van der Waals surface area contributed by atoms with Crippen LogP contribution < -0.4 is 14.9 Å². The third kappa shape index (κ3) is 5.82. The molecule has 3 aromatic carbocycles. The summed E-state index contributed by atoms with van der Waals surface area (Å²) in [7, 11) is 2.87. The maximum Gasteiger partial charge on any atom is 0.337 e. The number of rotatable bonds is 9. The summed E-state index contributed by atoms with van der Waals surface area (Å²) >= 11 is 0. The minimum Gasteiger partial charge on any atom is -0.493 e. The Labute approximate surface area is 184 Å². The molecule has 0 aliphatic heterocycles. The van der Waals surface area contributed by atoms with Gasteiger partial charge in [0.05, 0.1) is 36.6 Å². The van der Waals surface area contributed by atoms with E-state index in [4.69, 9.17) is 9.47 Å². The first kappa shape index (κ1) is 22.3. The van der Waals surface area contributed by atoms with Gasteiger partial charge in [-0.1, -0.05) is 18.2 Å². The molecule has 0 aliphatic rings. The number of anilines is 1. The second-order valence-corrected chi connectivity index (χ2v) is 6.56. The van der Waals surface area contributed by atoms with E-state index in [9.17, 15) is 14.9 Å². The van der Waals surface area contributed by atoms with Crippen molar-refractivity contribution >= 4 is 23.6 Å². The first-order valence-electron chi connectivity index (χ1n) is 9.52. The van der Waals surface area contributed by atoms with Crippen LogP contribution in [0.3, 0.4) is 0 Å². The fraction of sp³-hybridized carbons (Fsp3) is 0.130. The van der Waals surface area contributed by atoms with Crippen LogP contribution in [0.4, 0.5) is 11.4 Å². The zero-order valence-electron chi connectivity index (χ0n) is 17.5. The Hall–Kier alpha value is -4.40. The lowest BCUT2D eigenvalue weighted by atomic mass is 10.1. The lowest BCUT2D eigenvalue weighted by Crippen LogP contribution is -2.02. The molecule has 3 aromatic rings. The molecule has 0 radical (unpaired) electrons. The molecular formula is C23H21N3O6. The topological polar surface area (TPSA) is 112 Å². The Morgan fingerprint density at radius 3 is 2.53 bits per heavy atom. The molecule has 9 nitrogen and oxygen atoms in total. The summed E-state index contributed by atoms with van der Waals surface area (Å²) in [4.78, 5) is 21.9. The van der Waals surface area contributed by atoms with Gasteiger partial charge in [-0.25, -0.2) is 4.79 Å². The van der Waals surface area contributed by atoms with Crippen molar-refractivity contribution in [3.05, 3.63) is 93.5 Å². The average molecular weight is 435 g/mol. The highest BCUT2D eigenvalue weighted by atomic mass is 16.6. The molecule has 0 bridgehead atoms. The van der Waals surface area contributed by atoms with Crippen molar-refractivity contribution in [3.8, 4) is 11.5 Å². The van der Waals surface area contributed by atoms with E-state index in [1.165, 1.54) is 26.4 Å². The number of hydrazone groups is 1. The molecule has 0 unspecified atom stereocenters. The smallest absolute Gasteiger partial charge is 0.337 e. The molecule has 0 saturated carbocycles. The predicted molar refractivity (Wildman–Crippen MR) is 119 cm³/mol. The molecule has 0 spiro atoms. The Kier molecular flexibility index (Phi) is 7.37. The van der Waals surface area contributed by atoms with E-state index in [-0.39, 0.29) is 5.69 Å². The van der Waals surface area contributed by atoms with Crippen LogP contribution in [0.15, 0.2) is 71.8 Å². The highest BCUT2D eigenvalue weighted by molar-refractivity contribution is 5.89. The Bertz CT molecular complexity index is 1130. The number of ether oxygens (including phenoxy) is 3. The van der Waals surface area contributed by atoms with E-state index in [0.29, 0.717) is 29.4 Å². The van der Waals surface area contributed by atoms with Crippen molar-refractivity contribution in [2.45, 2.75) is 6.61 Å². The normalized spacial score (nSPS) is 10.6. The van der Waals surface area contributed by atoms with Crippen molar-refractivity contribution < 1.29 is 23.9 Å². The summed E-state index contributed by atoms with van der Waals surface area (Å²) in [6.45, 7) is 0.291. The van der Waals surface area contributed by atoms with E-state index in [0.717, 1.165) is 11.1 Å². The average Bonchev–Trinajstić information content (AvgIpc) is 2.83. The third-order valence-corrected chi connectivity index (χ3v) is 4.42. The first-order valence-corrected chi connectivity index (χ1v) is 9.52. The molecule has 0 fully saturated rings. The molecule has 0 amide bonds. The molecule has 0 heterocycles. The van der Waals surface area contributed by atoms with Gasteiger partial charge in [-0.15, -0.1) is 0 Å². The lowest BCUT2D eigenvalue weighted by Gasteiger charge is -2.11. The summed E-state index contributed by atoms with van der Waals surface area (Å²) in [6.07, 6.45) is 1.57. The number of hydrogen-bond acceptors (Lipinski definition) is 8. The van der Waals surface area contributed by atoms with Gasteiger partial charge in [0.15, 0.2) is 11.5 Å². The van der Waals surface area contributed by atoms with E-state index in [2.05, 4.69) is 15.3 Å². The SMILES string of the molecule is COC(=O)c1ccc(COc2ccc(C=NNc3cccc([N+](=O)[O-])c3)cc2OC)cc1. The maximum absolute atomic E-state index is 11.5.